The number of carbonyl (C=O) groups excluding carboxylic acids is 1. The minimum atomic E-state index is -0.308. The summed E-state index contributed by atoms with van der Waals surface area (Å²) in [6.45, 7) is 2.84. The lowest BCUT2D eigenvalue weighted by Gasteiger charge is -2.05. The molecule has 1 amide bonds. The monoisotopic (exact) mass is 310 g/mol. The van der Waals surface area contributed by atoms with Gasteiger partial charge in [0.05, 0.1) is 10.7 Å². The molecule has 2 aromatic rings. The SMILES string of the molecule is CCCNc1nc(N)c(C(=O)Nc2ccccc2Cl)s1. The Morgan fingerprint density at radius 1 is 1.45 bits per heavy atom. The van der Waals surface area contributed by atoms with Gasteiger partial charge >= 0.3 is 0 Å². The van der Waals surface area contributed by atoms with Crippen molar-refractivity contribution in [2.45, 2.75) is 13.3 Å². The summed E-state index contributed by atoms with van der Waals surface area (Å²) < 4.78 is 0. The first-order valence-electron chi connectivity index (χ1n) is 6.18. The zero-order valence-electron chi connectivity index (χ0n) is 10.9. The molecule has 1 aromatic heterocycles. The molecule has 0 radical (unpaired) electrons. The Labute approximate surface area is 126 Å². The van der Waals surface area contributed by atoms with Gasteiger partial charge in [0.1, 0.15) is 10.7 Å². The van der Waals surface area contributed by atoms with Gasteiger partial charge in [-0.15, -0.1) is 0 Å². The topological polar surface area (TPSA) is 80.0 Å². The number of halogens is 1. The van der Waals surface area contributed by atoms with Gasteiger partial charge < -0.3 is 16.4 Å². The van der Waals surface area contributed by atoms with E-state index in [4.69, 9.17) is 17.3 Å². The molecule has 4 N–H and O–H groups in total. The van der Waals surface area contributed by atoms with Crippen molar-refractivity contribution in [3.05, 3.63) is 34.2 Å². The second-order valence-electron chi connectivity index (χ2n) is 4.09. The second-order valence-corrected chi connectivity index (χ2v) is 5.50. The molecule has 0 bridgehead atoms. The summed E-state index contributed by atoms with van der Waals surface area (Å²) in [6, 6.07) is 7.03. The largest absolute Gasteiger partial charge is 0.382 e. The van der Waals surface area contributed by atoms with E-state index < -0.39 is 0 Å². The summed E-state index contributed by atoms with van der Waals surface area (Å²) in [7, 11) is 0. The Hall–Kier alpha value is -1.79. The van der Waals surface area contributed by atoms with Gasteiger partial charge in [-0.1, -0.05) is 42.0 Å². The minimum absolute atomic E-state index is 0.221. The van der Waals surface area contributed by atoms with Gasteiger partial charge in [-0.05, 0) is 18.6 Å². The zero-order chi connectivity index (χ0) is 14.5. The summed E-state index contributed by atoms with van der Waals surface area (Å²) in [4.78, 5) is 16.7. The fourth-order valence-corrected chi connectivity index (χ4v) is 2.53. The quantitative estimate of drug-likeness (QED) is 0.790. The molecule has 0 spiro atoms. The van der Waals surface area contributed by atoms with Gasteiger partial charge in [0.2, 0.25) is 0 Å². The van der Waals surface area contributed by atoms with Crippen molar-refractivity contribution in [3.63, 3.8) is 0 Å². The van der Waals surface area contributed by atoms with E-state index in [1.165, 1.54) is 11.3 Å². The van der Waals surface area contributed by atoms with Gasteiger partial charge in [0.25, 0.3) is 5.91 Å². The third kappa shape index (κ3) is 3.40. The van der Waals surface area contributed by atoms with Crippen LogP contribution >= 0.6 is 22.9 Å². The highest BCUT2D eigenvalue weighted by atomic mass is 35.5. The molecule has 0 atom stereocenters. The van der Waals surface area contributed by atoms with Crippen molar-refractivity contribution >= 4 is 45.5 Å². The summed E-state index contributed by atoms with van der Waals surface area (Å²) in [5, 5.41) is 6.96. The average Bonchev–Trinajstić information content (AvgIpc) is 2.80. The van der Waals surface area contributed by atoms with Crippen molar-refractivity contribution in [1.29, 1.82) is 0 Å². The lowest BCUT2D eigenvalue weighted by molar-refractivity contribution is 0.103. The van der Waals surface area contributed by atoms with E-state index in [0.717, 1.165) is 13.0 Å². The van der Waals surface area contributed by atoms with Crippen molar-refractivity contribution in [2.75, 3.05) is 22.9 Å². The first-order valence-corrected chi connectivity index (χ1v) is 7.37. The summed E-state index contributed by atoms with van der Waals surface area (Å²) in [6.07, 6.45) is 0.973. The molecule has 106 valence electrons. The Bertz CT molecular complexity index is 614. The van der Waals surface area contributed by atoms with E-state index in [0.29, 0.717) is 20.7 Å². The number of benzene rings is 1. The molecule has 0 fully saturated rings. The van der Waals surface area contributed by atoms with E-state index in [1.807, 2.05) is 0 Å². The van der Waals surface area contributed by atoms with Gasteiger partial charge in [-0.25, -0.2) is 4.98 Å². The van der Waals surface area contributed by atoms with Crippen LogP contribution in [0.1, 0.15) is 23.0 Å². The highest BCUT2D eigenvalue weighted by molar-refractivity contribution is 7.18. The predicted molar refractivity (Wildman–Crippen MR) is 84.7 cm³/mol. The molecular weight excluding hydrogens is 296 g/mol. The van der Waals surface area contributed by atoms with Crippen molar-refractivity contribution in [3.8, 4) is 0 Å². The number of hydrogen-bond acceptors (Lipinski definition) is 5. The summed E-state index contributed by atoms with van der Waals surface area (Å²) in [5.41, 5.74) is 6.32. The van der Waals surface area contributed by atoms with Crippen LogP contribution in [-0.2, 0) is 0 Å². The number of rotatable bonds is 5. The smallest absolute Gasteiger partial charge is 0.269 e. The Kier molecular flexibility index (Phi) is 4.81. The fraction of sp³-hybridized carbons (Fsp3) is 0.231. The number of amides is 1. The van der Waals surface area contributed by atoms with Crippen molar-refractivity contribution < 1.29 is 4.79 Å². The maximum absolute atomic E-state index is 12.2. The van der Waals surface area contributed by atoms with Gasteiger partial charge in [-0.2, -0.15) is 0 Å². The van der Waals surface area contributed by atoms with Crippen LogP contribution in [0, 0.1) is 0 Å². The molecule has 1 heterocycles. The Morgan fingerprint density at radius 2 is 2.20 bits per heavy atom. The third-order valence-corrected chi connectivity index (χ3v) is 3.87. The highest BCUT2D eigenvalue weighted by Crippen LogP contribution is 2.27. The van der Waals surface area contributed by atoms with E-state index in [1.54, 1.807) is 24.3 Å². The molecule has 0 aliphatic rings. The molecule has 0 unspecified atom stereocenters. The first kappa shape index (κ1) is 14.6. The van der Waals surface area contributed by atoms with Crippen LogP contribution in [-0.4, -0.2) is 17.4 Å². The molecule has 0 saturated carbocycles. The number of thiazole rings is 1. The maximum Gasteiger partial charge on any atom is 0.269 e. The van der Waals surface area contributed by atoms with Crippen molar-refractivity contribution in [1.82, 2.24) is 4.98 Å². The van der Waals surface area contributed by atoms with E-state index in [9.17, 15) is 4.79 Å². The number of hydrogen-bond donors (Lipinski definition) is 3. The molecular formula is C13H15ClN4OS. The second kappa shape index (κ2) is 6.58. The Balaban J connectivity index is 2.13. The molecule has 2 rings (SSSR count). The fourth-order valence-electron chi connectivity index (χ4n) is 1.54. The molecule has 1 aromatic carbocycles. The molecule has 7 heteroatoms. The van der Waals surface area contributed by atoms with Gasteiger partial charge in [-0.3, -0.25) is 4.79 Å². The first-order chi connectivity index (χ1) is 9.61. The highest BCUT2D eigenvalue weighted by Gasteiger charge is 2.16. The lowest BCUT2D eigenvalue weighted by atomic mass is 10.3. The zero-order valence-corrected chi connectivity index (χ0v) is 12.5. The average molecular weight is 311 g/mol. The van der Waals surface area contributed by atoms with Crippen LogP contribution in [0.5, 0.6) is 0 Å². The van der Waals surface area contributed by atoms with E-state index in [-0.39, 0.29) is 11.7 Å². The number of nitrogens with one attached hydrogen (secondary N) is 2. The van der Waals surface area contributed by atoms with Gasteiger partial charge in [0.15, 0.2) is 5.13 Å². The summed E-state index contributed by atoms with van der Waals surface area (Å²) in [5.74, 6) is -0.0872. The lowest BCUT2D eigenvalue weighted by Crippen LogP contribution is -2.12. The Morgan fingerprint density at radius 3 is 2.90 bits per heavy atom. The maximum atomic E-state index is 12.2. The van der Waals surface area contributed by atoms with E-state index in [2.05, 4.69) is 22.5 Å². The van der Waals surface area contributed by atoms with Gasteiger partial charge in [0, 0.05) is 6.54 Å². The number of nitrogens with zero attached hydrogens (tertiary/aromatic N) is 1. The molecule has 0 aliphatic carbocycles. The van der Waals surface area contributed by atoms with Crippen LogP contribution in [0.2, 0.25) is 5.02 Å². The molecule has 0 aliphatic heterocycles. The van der Waals surface area contributed by atoms with Crippen molar-refractivity contribution in [2.24, 2.45) is 0 Å². The number of aromatic nitrogens is 1. The number of anilines is 3. The molecule has 0 saturated heterocycles. The summed E-state index contributed by atoms with van der Waals surface area (Å²) >= 11 is 7.23. The number of nitrogen functional groups attached to an aromatic ring is 1. The third-order valence-electron chi connectivity index (χ3n) is 2.51. The number of carbonyl (C=O) groups is 1. The van der Waals surface area contributed by atoms with Crippen LogP contribution in [0.4, 0.5) is 16.6 Å². The standard InChI is InChI=1S/C13H15ClN4OS/c1-2-7-16-13-18-11(15)10(20-13)12(19)17-9-6-4-3-5-8(9)14/h3-6H,2,7,15H2,1H3,(H,16,18)(H,17,19). The van der Waals surface area contributed by atoms with E-state index >= 15 is 0 Å². The minimum Gasteiger partial charge on any atom is -0.382 e. The van der Waals surface area contributed by atoms with Crippen LogP contribution in [0.25, 0.3) is 0 Å². The van der Waals surface area contributed by atoms with Crippen LogP contribution in [0.3, 0.4) is 0 Å². The van der Waals surface area contributed by atoms with Crippen LogP contribution in [0.15, 0.2) is 24.3 Å². The number of nitrogens with two attached hydrogens (primary N) is 1. The molecule has 5 nitrogen and oxygen atoms in total. The normalized spacial score (nSPS) is 10.3. The van der Waals surface area contributed by atoms with Crippen LogP contribution < -0.4 is 16.4 Å². The number of para-hydroxylation sites is 1. The molecule has 20 heavy (non-hydrogen) atoms. The predicted octanol–water partition coefficient (Wildman–Crippen LogP) is 3.45.